The van der Waals surface area contributed by atoms with Gasteiger partial charge < -0.3 is 24.8 Å². The maximum atomic E-state index is 3.85. The van der Waals surface area contributed by atoms with E-state index in [1.807, 2.05) is 0 Å². The number of benzene rings is 2. The average molecular weight is 833 g/mol. The Kier molecular flexibility index (Phi) is 16.2. The van der Waals surface area contributed by atoms with Crippen LogP contribution in [0.5, 0.6) is 0 Å². The summed E-state index contributed by atoms with van der Waals surface area (Å²) in [5, 5.41) is 0. The van der Waals surface area contributed by atoms with E-state index in [0.29, 0.717) is 11.3 Å². The zero-order valence-corrected chi connectivity index (χ0v) is 40.3. The van der Waals surface area contributed by atoms with Gasteiger partial charge in [0.2, 0.25) is 0 Å². The first-order chi connectivity index (χ1) is 23.4. The molecule has 0 saturated carbocycles. The standard InChI is InChI=1S/C31H37.C10H15.C9H18.2ClH.Zr/c1-28(2,3)26-16-30(7,8)24-12-18-11-19-13-25-23(15-21(19)20(18)14-22(24)26)27(29(4,5)6)17-31(25,9)10;1-8-5-6-9(7-8)10(2,3)4;1-3-5-7-9-8-6-4-2;;;/h12-16H,11H2,1-10H3;6-8H,1-4H3;3-8H2,1-2H3;2*1H;/q2*-1;;;;+2/p-2. The Balaban J connectivity index is 0.000000366. The molecule has 0 nitrogen and oxygen atoms in total. The van der Waals surface area contributed by atoms with Crippen molar-refractivity contribution in [1.82, 2.24) is 0 Å². The molecule has 2 aromatic rings. The second kappa shape index (κ2) is 17.9. The number of hydrogen-bond acceptors (Lipinski definition) is 0. The summed E-state index contributed by atoms with van der Waals surface area (Å²) in [5.41, 5.74) is 16.6. The van der Waals surface area contributed by atoms with Gasteiger partial charge in [-0.25, -0.2) is 11.6 Å². The van der Waals surface area contributed by atoms with Crippen molar-refractivity contribution in [3.05, 3.63) is 93.6 Å². The van der Waals surface area contributed by atoms with Crippen LogP contribution < -0.4 is 24.8 Å². The molecule has 0 aliphatic heterocycles. The summed E-state index contributed by atoms with van der Waals surface area (Å²) in [6.45, 7) is 36.7. The second-order valence-corrected chi connectivity index (χ2v) is 21.7. The molecule has 0 heterocycles. The fourth-order valence-corrected chi connectivity index (χ4v) is 8.77. The van der Waals surface area contributed by atoms with Gasteiger partial charge in [0.1, 0.15) is 0 Å². The molecule has 2 aromatic carbocycles. The maximum Gasteiger partial charge on any atom is -1.00 e. The van der Waals surface area contributed by atoms with Gasteiger partial charge in [0.25, 0.3) is 0 Å². The molecule has 0 radical (unpaired) electrons. The molecule has 4 aliphatic carbocycles. The molecule has 1 unspecified atom stereocenters. The molecule has 0 fully saturated rings. The number of rotatable bonds is 6. The molecular weight excluding hydrogens is 763 g/mol. The van der Waals surface area contributed by atoms with Crippen LogP contribution in [0.2, 0.25) is 0 Å². The van der Waals surface area contributed by atoms with Crippen LogP contribution in [0.25, 0.3) is 22.3 Å². The fourth-order valence-electron chi connectivity index (χ4n) is 7.90. The minimum atomic E-state index is -0.0202. The summed E-state index contributed by atoms with van der Waals surface area (Å²) in [6, 6.07) is 10.0. The van der Waals surface area contributed by atoms with Crippen molar-refractivity contribution in [3.8, 4) is 11.1 Å². The van der Waals surface area contributed by atoms with E-state index in [0.717, 1.165) is 6.42 Å². The molecule has 0 saturated heterocycles. The van der Waals surface area contributed by atoms with E-state index in [-0.39, 0.29) is 46.5 Å². The Morgan fingerprint density at radius 2 is 1.23 bits per heavy atom. The van der Waals surface area contributed by atoms with Crippen molar-refractivity contribution in [2.24, 2.45) is 22.2 Å². The third-order valence-electron chi connectivity index (χ3n) is 11.0. The Hall–Kier alpha value is -1.27. The van der Waals surface area contributed by atoms with Crippen molar-refractivity contribution in [1.29, 1.82) is 0 Å². The van der Waals surface area contributed by atoms with Gasteiger partial charge in [-0.2, -0.15) is 17.2 Å². The van der Waals surface area contributed by atoms with Crippen LogP contribution >= 0.6 is 0 Å². The average Bonchev–Trinajstić information content (AvgIpc) is 3.74. The first-order valence-electron chi connectivity index (χ1n) is 20.0. The minimum absolute atomic E-state index is 0. The molecule has 1 atom stereocenters. The Morgan fingerprint density at radius 3 is 1.64 bits per heavy atom. The third kappa shape index (κ3) is 11.2. The summed E-state index contributed by atoms with van der Waals surface area (Å²) in [5.74, 6) is 0.522. The fraction of sp³-hybridized carbons (Fsp3) is 0.580. The van der Waals surface area contributed by atoms with Crippen LogP contribution in [0.1, 0.15) is 183 Å². The Morgan fingerprint density at radius 1 is 0.717 bits per heavy atom. The van der Waals surface area contributed by atoms with Gasteiger partial charge in [-0.05, 0) is 62.3 Å². The summed E-state index contributed by atoms with van der Waals surface area (Å²) in [4.78, 5) is 0. The van der Waals surface area contributed by atoms with Gasteiger partial charge in [-0.3, -0.25) is 12.2 Å². The Labute approximate surface area is 354 Å². The van der Waals surface area contributed by atoms with Gasteiger partial charge in [0.15, 0.2) is 0 Å². The summed E-state index contributed by atoms with van der Waals surface area (Å²) >= 11 is 1.67. The van der Waals surface area contributed by atoms with E-state index >= 15 is 0 Å². The summed E-state index contributed by atoms with van der Waals surface area (Å²) in [7, 11) is 0. The van der Waals surface area contributed by atoms with Crippen LogP contribution in [0.4, 0.5) is 0 Å². The van der Waals surface area contributed by atoms with Crippen LogP contribution in [0.3, 0.4) is 0 Å². The number of halogens is 2. The van der Waals surface area contributed by atoms with E-state index in [9.17, 15) is 0 Å². The largest absolute Gasteiger partial charge is 1.00 e. The van der Waals surface area contributed by atoms with Crippen LogP contribution in [0.15, 0.2) is 48.1 Å². The number of unbranched alkanes of at least 4 members (excludes halogenated alkanes) is 2. The topological polar surface area (TPSA) is 0 Å². The number of hydrogen-bond donors (Lipinski definition) is 0. The smallest absolute Gasteiger partial charge is 1.00 e. The van der Waals surface area contributed by atoms with Crippen molar-refractivity contribution in [3.63, 3.8) is 0 Å². The van der Waals surface area contributed by atoms with Gasteiger partial charge in [0, 0.05) is 5.41 Å². The molecule has 0 spiro atoms. The Bertz CT molecular complexity index is 1650. The van der Waals surface area contributed by atoms with Gasteiger partial charge in [0.05, 0.1) is 0 Å². The molecule has 3 heteroatoms. The van der Waals surface area contributed by atoms with E-state index in [2.05, 4.69) is 165 Å². The molecule has 6 rings (SSSR count). The molecule has 0 aromatic heterocycles. The molecule has 0 bridgehead atoms. The van der Waals surface area contributed by atoms with E-state index in [1.165, 1.54) is 99.8 Å². The van der Waals surface area contributed by atoms with Crippen molar-refractivity contribution >= 4 is 14.4 Å². The molecule has 0 amide bonds. The monoisotopic (exact) mass is 830 g/mol. The SMILES string of the molecule is CC(C)(C)C1=[C-]C(C)(C)c2cc3c(cc21)-c1cc2c(cc1C3)C(C)(C)C=C2C(C)(C)C.CC1[C-]=CC(C(C)(C)C)=C1.CCCC[C](=[Zr+2])CCCC.[Cl-].[Cl-]. The van der Waals surface area contributed by atoms with E-state index < -0.39 is 0 Å². The molecule has 53 heavy (non-hydrogen) atoms. The molecule has 290 valence electrons. The zero-order valence-electron chi connectivity index (χ0n) is 36.3. The van der Waals surface area contributed by atoms with E-state index in [4.69, 9.17) is 0 Å². The normalized spacial score (nSPS) is 18.4. The predicted molar refractivity (Wildman–Crippen MR) is 223 cm³/mol. The zero-order chi connectivity index (χ0) is 38.3. The third-order valence-corrected chi connectivity index (χ3v) is 12.3. The number of allylic oxidation sites excluding steroid dienone is 8. The predicted octanol–water partition coefficient (Wildman–Crippen LogP) is 8.56. The molecule has 0 N–H and O–H groups in total. The van der Waals surface area contributed by atoms with Gasteiger partial charge in [-0.1, -0.05) is 132 Å². The number of fused-ring (bicyclic) bond motifs is 5. The van der Waals surface area contributed by atoms with Crippen molar-refractivity contribution in [2.75, 3.05) is 0 Å². The maximum absolute atomic E-state index is 3.85. The second-order valence-electron chi connectivity index (χ2n) is 20.0. The summed E-state index contributed by atoms with van der Waals surface area (Å²) < 4.78 is 1.79. The first kappa shape index (κ1) is 47.9. The van der Waals surface area contributed by atoms with Crippen LogP contribution in [-0.2, 0) is 41.5 Å². The van der Waals surface area contributed by atoms with Gasteiger partial charge in [-0.15, -0.1) is 11.6 Å². The first-order valence-corrected chi connectivity index (χ1v) is 21.3. The van der Waals surface area contributed by atoms with E-state index in [1.54, 1.807) is 27.4 Å². The van der Waals surface area contributed by atoms with Crippen LogP contribution in [0, 0.1) is 34.3 Å². The van der Waals surface area contributed by atoms with Crippen molar-refractivity contribution < 1.29 is 49.0 Å². The quantitative estimate of drug-likeness (QED) is 0.219. The minimum Gasteiger partial charge on any atom is -1.00 e. The van der Waals surface area contributed by atoms with Crippen LogP contribution in [-0.4, -0.2) is 3.21 Å². The molecular formula is C50H70Cl2Zr-2. The van der Waals surface area contributed by atoms with Crippen molar-refractivity contribution in [2.45, 2.75) is 167 Å². The molecule has 4 aliphatic rings. The van der Waals surface area contributed by atoms with Gasteiger partial charge >= 0.3 is 79.8 Å². The summed E-state index contributed by atoms with van der Waals surface area (Å²) in [6.07, 6.45) is 23.4.